The zero-order chi connectivity index (χ0) is 15.7. The van der Waals surface area contributed by atoms with Gasteiger partial charge in [-0.25, -0.2) is 13.1 Å². The highest BCUT2D eigenvalue weighted by molar-refractivity contribution is 7.89. The minimum atomic E-state index is -4.63. The van der Waals surface area contributed by atoms with Gasteiger partial charge in [-0.2, -0.15) is 13.2 Å². The van der Waals surface area contributed by atoms with Crippen LogP contribution >= 0.6 is 11.6 Å². The summed E-state index contributed by atoms with van der Waals surface area (Å²) in [5, 5.41) is -0.249. The van der Waals surface area contributed by atoms with Crippen LogP contribution in [0.1, 0.15) is 26.3 Å². The Kier molecular flexibility index (Phi) is 5.10. The molecule has 1 aromatic rings. The molecule has 0 fully saturated rings. The maximum absolute atomic E-state index is 12.6. The molecular formula is C12H15ClF3NO2S. The molecule has 1 atom stereocenters. The van der Waals surface area contributed by atoms with Crippen LogP contribution in [0.3, 0.4) is 0 Å². The predicted molar refractivity (Wildman–Crippen MR) is 71.1 cm³/mol. The molecule has 1 unspecified atom stereocenters. The molecule has 8 heteroatoms. The predicted octanol–water partition coefficient (Wildman–Crippen LogP) is 3.68. The van der Waals surface area contributed by atoms with Crippen molar-refractivity contribution in [2.45, 2.75) is 37.9 Å². The normalized spacial score (nSPS) is 14.6. The van der Waals surface area contributed by atoms with Gasteiger partial charge >= 0.3 is 6.18 Å². The van der Waals surface area contributed by atoms with Crippen molar-refractivity contribution in [3.05, 3.63) is 28.8 Å². The maximum Gasteiger partial charge on any atom is 0.416 e. The lowest BCUT2D eigenvalue weighted by Gasteiger charge is -2.18. The lowest BCUT2D eigenvalue weighted by Crippen LogP contribution is -2.36. The zero-order valence-corrected chi connectivity index (χ0v) is 12.7. The fourth-order valence-corrected chi connectivity index (χ4v) is 3.25. The highest BCUT2D eigenvalue weighted by atomic mass is 35.5. The fourth-order valence-electron chi connectivity index (χ4n) is 1.33. The van der Waals surface area contributed by atoms with Gasteiger partial charge in [0.15, 0.2) is 0 Å². The molecule has 0 bridgehead atoms. The fraction of sp³-hybridized carbons (Fsp3) is 0.500. The summed E-state index contributed by atoms with van der Waals surface area (Å²) in [5.41, 5.74) is -1.06. The van der Waals surface area contributed by atoms with E-state index in [4.69, 9.17) is 11.6 Å². The third kappa shape index (κ3) is 4.10. The van der Waals surface area contributed by atoms with Crippen LogP contribution in [0.2, 0.25) is 5.02 Å². The van der Waals surface area contributed by atoms with E-state index in [1.165, 1.54) is 0 Å². The summed E-state index contributed by atoms with van der Waals surface area (Å²) < 4.78 is 64.3. The first-order valence-corrected chi connectivity index (χ1v) is 7.70. The van der Waals surface area contributed by atoms with Crippen molar-refractivity contribution >= 4 is 21.6 Å². The number of benzene rings is 1. The Morgan fingerprint density at radius 1 is 1.20 bits per heavy atom. The van der Waals surface area contributed by atoms with E-state index in [9.17, 15) is 21.6 Å². The Hall–Kier alpha value is -0.790. The van der Waals surface area contributed by atoms with Crippen LogP contribution in [-0.2, 0) is 16.2 Å². The van der Waals surface area contributed by atoms with E-state index in [1.807, 2.05) is 0 Å². The maximum atomic E-state index is 12.6. The molecule has 114 valence electrons. The molecule has 3 nitrogen and oxygen atoms in total. The highest BCUT2D eigenvalue weighted by Gasteiger charge is 2.33. The van der Waals surface area contributed by atoms with Gasteiger partial charge in [-0.1, -0.05) is 25.4 Å². The molecule has 0 aromatic heterocycles. The van der Waals surface area contributed by atoms with Crippen LogP contribution in [0.25, 0.3) is 0 Å². The van der Waals surface area contributed by atoms with Crippen molar-refractivity contribution in [3.8, 4) is 0 Å². The second-order valence-corrected chi connectivity index (χ2v) is 6.89. The standard InChI is InChI=1S/C12H15ClF3NO2S/c1-7(2)8(3)17-20(18,19)11-6-9(12(14,15)16)4-5-10(11)13/h4-8,17H,1-3H3. The Morgan fingerprint density at radius 2 is 1.75 bits per heavy atom. The second-order valence-electron chi connectivity index (χ2n) is 4.80. The first-order chi connectivity index (χ1) is 8.95. The summed E-state index contributed by atoms with van der Waals surface area (Å²) in [6, 6.07) is 1.79. The quantitative estimate of drug-likeness (QED) is 0.916. The van der Waals surface area contributed by atoms with Gasteiger partial charge in [0.2, 0.25) is 10.0 Å². The minimum Gasteiger partial charge on any atom is -0.208 e. The van der Waals surface area contributed by atoms with Crippen molar-refractivity contribution in [1.82, 2.24) is 4.72 Å². The molecule has 0 radical (unpaired) electrons. The van der Waals surface area contributed by atoms with Crippen molar-refractivity contribution in [2.75, 3.05) is 0 Å². The molecule has 0 aliphatic carbocycles. The molecule has 0 spiro atoms. The molecule has 1 rings (SSSR count). The van der Waals surface area contributed by atoms with Gasteiger partial charge in [-0.3, -0.25) is 0 Å². The molecule has 0 heterocycles. The SMILES string of the molecule is CC(C)C(C)NS(=O)(=O)c1cc(C(F)(F)F)ccc1Cl. The van der Waals surface area contributed by atoms with E-state index in [1.54, 1.807) is 20.8 Å². The summed E-state index contributed by atoms with van der Waals surface area (Å²) in [6.45, 7) is 5.21. The average molecular weight is 330 g/mol. The number of nitrogens with one attached hydrogen (secondary N) is 1. The van der Waals surface area contributed by atoms with Gasteiger partial charge in [0.25, 0.3) is 0 Å². The van der Waals surface area contributed by atoms with Gasteiger partial charge in [0.05, 0.1) is 10.6 Å². The number of rotatable bonds is 4. The molecule has 0 aliphatic heterocycles. The molecule has 0 aliphatic rings. The summed E-state index contributed by atoms with van der Waals surface area (Å²) >= 11 is 5.71. The highest BCUT2D eigenvalue weighted by Crippen LogP contribution is 2.33. The van der Waals surface area contributed by atoms with Crippen molar-refractivity contribution in [2.24, 2.45) is 5.92 Å². The summed E-state index contributed by atoms with van der Waals surface area (Å²) in [4.78, 5) is -0.568. The van der Waals surface area contributed by atoms with E-state index in [0.29, 0.717) is 6.07 Å². The first kappa shape index (κ1) is 17.3. The summed E-state index contributed by atoms with van der Waals surface area (Å²) in [5.74, 6) is -0.00523. The van der Waals surface area contributed by atoms with E-state index < -0.39 is 32.7 Å². The first-order valence-electron chi connectivity index (χ1n) is 5.84. The summed E-state index contributed by atoms with van der Waals surface area (Å²) in [7, 11) is -4.10. The van der Waals surface area contributed by atoms with Gasteiger partial charge in [0, 0.05) is 6.04 Å². The topological polar surface area (TPSA) is 46.2 Å². The molecule has 0 amide bonds. The van der Waals surface area contributed by atoms with Crippen LogP contribution < -0.4 is 4.72 Å². The molecular weight excluding hydrogens is 315 g/mol. The molecule has 0 saturated heterocycles. The molecule has 0 saturated carbocycles. The summed E-state index contributed by atoms with van der Waals surface area (Å²) in [6.07, 6.45) is -4.63. The van der Waals surface area contributed by atoms with E-state index >= 15 is 0 Å². The monoisotopic (exact) mass is 329 g/mol. The number of alkyl halides is 3. The van der Waals surface area contributed by atoms with Gasteiger partial charge in [-0.05, 0) is 31.0 Å². The van der Waals surface area contributed by atoms with Crippen LogP contribution in [0.4, 0.5) is 13.2 Å². The third-order valence-electron chi connectivity index (χ3n) is 2.89. The van der Waals surface area contributed by atoms with E-state index in [0.717, 1.165) is 12.1 Å². The zero-order valence-electron chi connectivity index (χ0n) is 11.1. The molecule has 1 N–H and O–H groups in total. The largest absolute Gasteiger partial charge is 0.416 e. The van der Waals surface area contributed by atoms with Crippen molar-refractivity contribution in [1.29, 1.82) is 0 Å². The minimum absolute atomic E-state index is 0.00523. The molecule has 1 aromatic carbocycles. The Morgan fingerprint density at radius 3 is 2.20 bits per heavy atom. The van der Waals surface area contributed by atoms with Crippen molar-refractivity contribution in [3.63, 3.8) is 0 Å². The van der Waals surface area contributed by atoms with Crippen LogP contribution in [0.5, 0.6) is 0 Å². The number of hydrogen-bond donors (Lipinski definition) is 1. The number of halogens is 4. The lowest BCUT2D eigenvalue weighted by molar-refractivity contribution is -0.137. The average Bonchev–Trinajstić information content (AvgIpc) is 2.26. The van der Waals surface area contributed by atoms with Crippen LogP contribution in [0, 0.1) is 5.92 Å². The Balaban J connectivity index is 3.25. The van der Waals surface area contributed by atoms with E-state index in [2.05, 4.69) is 4.72 Å². The lowest BCUT2D eigenvalue weighted by atomic mass is 10.1. The number of sulfonamides is 1. The van der Waals surface area contributed by atoms with Crippen molar-refractivity contribution < 1.29 is 21.6 Å². The van der Waals surface area contributed by atoms with E-state index in [-0.39, 0.29) is 10.9 Å². The van der Waals surface area contributed by atoms with Gasteiger partial charge < -0.3 is 0 Å². The van der Waals surface area contributed by atoms with Gasteiger partial charge in [-0.15, -0.1) is 0 Å². The molecule has 20 heavy (non-hydrogen) atoms. The smallest absolute Gasteiger partial charge is 0.208 e. The Labute approximate surface area is 121 Å². The second kappa shape index (κ2) is 5.91. The van der Waals surface area contributed by atoms with Crippen LogP contribution in [0.15, 0.2) is 23.1 Å². The number of hydrogen-bond acceptors (Lipinski definition) is 2. The third-order valence-corrected chi connectivity index (χ3v) is 4.93. The Bertz CT molecular complexity index is 585. The van der Waals surface area contributed by atoms with Gasteiger partial charge in [0.1, 0.15) is 4.90 Å². The van der Waals surface area contributed by atoms with Crippen LogP contribution in [-0.4, -0.2) is 14.5 Å².